The molecule has 0 bridgehead atoms. The Balaban J connectivity index is -0.0000000204. The fourth-order valence-electron chi connectivity index (χ4n) is 0.534. The minimum absolute atomic E-state index is 0. The topological polar surface area (TPSA) is 0 Å². The third-order valence-corrected chi connectivity index (χ3v) is 0.940. The Labute approximate surface area is 337 Å². The Kier molecular flexibility index (Phi) is 84.9. The summed E-state index contributed by atoms with van der Waals surface area (Å²) in [7, 11) is 0. The standard InChI is InChI=1S/C7H8.6K.6H/c1-7-5-3-2-4-6-7;;;;;;;;;;;;/h2-6H,1H3;;;;;;;;;;;;. The van der Waals surface area contributed by atoms with Gasteiger partial charge in [0.2, 0.25) is 0 Å². The average Bonchev–Trinajstić information content (AvgIpc) is 1.69. The third-order valence-electron chi connectivity index (χ3n) is 0.940. The van der Waals surface area contributed by atoms with Crippen molar-refractivity contribution >= 4 is 308 Å². The Hall–Kier alpha value is 9.04. The van der Waals surface area contributed by atoms with Crippen LogP contribution < -0.4 is 0 Å². The molecular formula is C7H14K6. The average molecular weight is 333 g/mol. The van der Waals surface area contributed by atoms with Gasteiger partial charge in [0.25, 0.3) is 0 Å². The van der Waals surface area contributed by atoms with Crippen molar-refractivity contribution in [1.82, 2.24) is 0 Å². The molecule has 0 aliphatic carbocycles. The molecule has 0 radical (unpaired) electrons. The van der Waals surface area contributed by atoms with Crippen molar-refractivity contribution in [3.63, 3.8) is 0 Å². The maximum absolute atomic E-state index is 2.08. The van der Waals surface area contributed by atoms with E-state index in [0.29, 0.717) is 0 Å². The minimum atomic E-state index is 0. The second kappa shape index (κ2) is 29.1. The summed E-state index contributed by atoms with van der Waals surface area (Å²) in [6.07, 6.45) is 0. The summed E-state index contributed by atoms with van der Waals surface area (Å²) < 4.78 is 0. The van der Waals surface area contributed by atoms with Gasteiger partial charge in [-0.05, 0) is 6.92 Å². The third kappa shape index (κ3) is 26.3. The molecule has 0 aliphatic rings. The van der Waals surface area contributed by atoms with Crippen molar-refractivity contribution in [2.75, 3.05) is 0 Å². The van der Waals surface area contributed by atoms with Gasteiger partial charge in [-0.1, -0.05) is 35.9 Å². The summed E-state index contributed by atoms with van der Waals surface area (Å²) in [6.45, 7) is 2.08. The molecule has 0 saturated heterocycles. The molecule has 0 N–H and O–H groups in total. The summed E-state index contributed by atoms with van der Waals surface area (Å²) in [5.74, 6) is 0. The van der Waals surface area contributed by atoms with Crippen LogP contribution in [0.2, 0.25) is 0 Å². The molecule has 0 nitrogen and oxygen atoms in total. The van der Waals surface area contributed by atoms with Gasteiger partial charge in [-0.2, -0.15) is 0 Å². The van der Waals surface area contributed by atoms with E-state index in [2.05, 4.69) is 19.1 Å². The van der Waals surface area contributed by atoms with Gasteiger partial charge < -0.3 is 0 Å². The predicted octanol–water partition coefficient (Wildman–Crippen LogP) is -1.90. The van der Waals surface area contributed by atoms with Crippen LogP contribution >= 0.6 is 0 Å². The summed E-state index contributed by atoms with van der Waals surface area (Å²) in [6, 6.07) is 10.3. The van der Waals surface area contributed by atoms with Crippen LogP contribution in [0.25, 0.3) is 0 Å². The van der Waals surface area contributed by atoms with Crippen LogP contribution in [-0.4, -0.2) is 308 Å². The van der Waals surface area contributed by atoms with Gasteiger partial charge in [0.1, 0.15) is 0 Å². The van der Waals surface area contributed by atoms with E-state index in [1.165, 1.54) is 5.56 Å². The number of hydrogen-bond acceptors (Lipinski definition) is 0. The zero-order valence-electron chi connectivity index (χ0n) is 4.39. The maximum atomic E-state index is 2.08. The van der Waals surface area contributed by atoms with Crippen molar-refractivity contribution in [2.45, 2.75) is 6.92 Å². The zero-order valence-corrected chi connectivity index (χ0v) is 4.39. The normalized spacial score (nSPS) is 4.69. The number of benzene rings is 1. The Bertz CT molecular complexity index is 143. The predicted molar refractivity (Wildman–Crippen MR) is 74.1 cm³/mol. The molecule has 13 heavy (non-hydrogen) atoms. The van der Waals surface area contributed by atoms with E-state index in [9.17, 15) is 0 Å². The number of rotatable bonds is 0. The zero-order chi connectivity index (χ0) is 5.11. The van der Waals surface area contributed by atoms with Crippen LogP contribution in [0.3, 0.4) is 0 Å². The number of hydrogen-bond donors (Lipinski definition) is 0. The van der Waals surface area contributed by atoms with Gasteiger partial charge in [0, 0.05) is 0 Å². The van der Waals surface area contributed by atoms with E-state index in [1.807, 2.05) is 18.2 Å². The van der Waals surface area contributed by atoms with Crippen LogP contribution in [0.5, 0.6) is 0 Å². The Morgan fingerprint density at radius 2 is 0.923 bits per heavy atom. The molecule has 0 saturated carbocycles. The number of aryl methyl sites for hydroxylation is 1. The molecule has 0 atom stereocenters. The van der Waals surface area contributed by atoms with E-state index in [-0.39, 0.29) is 308 Å². The SMILES string of the molecule is Cc1ccccc1.[KH].[KH].[KH].[KH].[KH].[KH]. The van der Waals surface area contributed by atoms with Gasteiger partial charge in [-0.3, -0.25) is 0 Å². The van der Waals surface area contributed by atoms with Crippen molar-refractivity contribution in [1.29, 1.82) is 0 Å². The van der Waals surface area contributed by atoms with E-state index in [0.717, 1.165) is 0 Å². The first-order chi connectivity index (χ1) is 3.39. The molecule has 0 heterocycles. The van der Waals surface area contributed by atoms with Crippen molar-refractivity contribution in [3.05, 3.63) is 35.9 Å². The molecule has 0 aliphatic heterocycles. The molecule has 48 valence electrons. The summed E-state index contributed by atoms with van der Waals surface area (Å²) in [5, 5.41) is 0. The molecule has 0 fully saturated rings. The van der Waals surface area contributed by atoms with E-state index >= 15 is 0 Å². The van der Waals surface area contributed by atoms with Crippen LogP contribution in [0, 0.1) is 6.92 Å². The summed E-state index contributed by atoms with van der Waals surface area (Å²) in [5.41, 5.74) is 1.32. The fraction of sp³-hybridized carbons (Fsp3) is 0.143. The van der Waals surface area contributed by atoms with Gasteiger partial charge in [-0.25, -0.2) is 0 Å². The first-order valence-corrected chi connectivity index (χ1v) is 2.41. The van der Waals surface area contributed by atoms with Gasteiger partial charge >= 0.3 is 308 Å². The molecule has 0 aromatic heterocycles. The van der Waals surface area contributed by atoms with Crippen molar-refractivity contribution < 1.29 is 0 Å². The molecule has 6 heteroatoms. The van der Waals surface area contributed by atoms with E-state index < -0.39 is 0 Å². The van der Waals surface area contributed by atoms with Gasteiger partial charge in [0.05, 0.1) is 0 Å². The van der Waals surface area contributed by atoms with Gasteiger partial charge in [-0.15, -0.1) is 0 Å². The first-order valence-electron chi connectivity index (χ1n) is 2.41. The quantitative estimate of drug-likeness (QED) is 0.487. The second-order valence-electron chi connectivity index (χ2n) is 1.65. The van der Waals surface area contributed by atoms with Crippen LogP contribution in [0.15, 0.2) is 30.3 Å². The second-order valence-corrected chi connectivity index (χ2v) is 1.65. The van der Waals surface area contributed by atoms with Crippen LogP contribution in [0.4, 0.5) is 0 Å². The molecule has 0 unspecified atom stereocenters. The van der Waals surface area contributed by atoms with E-state index in [1.54, 1.807) is 0 Å². The van der Waals surface area contributed by atoms with Crippen LogP contribution in [0.1, 0.15) is 5.56 Å². The monoisotopic (exact) mass is 332 g/mol. The molecule has 0 spiro atoms. The Morgan fingerprint density at radius 3 is 1.08 bits per heavy atom. The molecule has 0 amide bonds. The molecular weight excluding hydrogens is 319 g/mol. The molecule has 1 aromatic rings. The van der Waals surface area contributed by atoms with Gasteiger partial charge in [0.15, 0.2) is 0 Å². The summed E-state index contributed by atoms with van der Waals surface area (Å²) >= 11 is 0. The van der Waals surface area contributed by atoms with Crippen LogP contribution in [-0.2, 0) is 0 Å². The van der Waals surface area contributed by atoms with Crippen molar-refractivity contribution in [2.24, 2.45) is 0 Å². The fourth-order valence-corrected chi connectivity index (χ4v) is 0.534. The summed E-state index contributed by atoms with van der Waals surface area (Å²) in [4.78, 5) is 0. The Morgan fingerprint density at radius 1 is 0.615 bits per heavy atom. The molecule has 1 rings (SSSR count). The van der Waals surface area contributed by atoms with E-state index in [4.69, 9.17) is 0 Å². The first kappa shape index (κ1) is 37.9. The molecule has 1 aromatic carbocycles. The van der Waals surface area contributed by atoms with Crippen molar-refractivity contribution in [3.8, 4) is 0 Å².